The Morgan fingerprint density at radius 3 is 2.44 bits per heavy atom. The number of rotatable bonds is 2. The summed E-state index contributed by atoms with van der Waals surface area (Å²) in [4.78, 5) is 14.5. The van der Waals surface area contributed by atoms with Crippen molar-refractivity contribution in [2.75, 3.05) is 20.2 Å². The Kier molecular flexibility index (Phi) is 4.62. The van der Waals surface area contributed by atoms with E-state index in [0.29, 0.717) is 17.9 Å². The topological polar surface area (TPSA) is 55.6 Å². The summed E-state index contributed by atoms with van der Waals surface area (Å²) < 4.78 is 5.34. The number of nitrogens with two attached hydrogens (primary N) is 1. The van der Waals surface area contributed by atoms with Crippen LogP contribution in [0.2, 0.25) is 0 Å². The Morgan fingerprint density at radius 1 is 1.22 bits per heavy atom. The van der Waals surface area contributed by atoms with Crippen LogP contribution >= 0.6 is 0 Å². The quantitative estimate of drug-likeness (QED) is 0.810. The van der Waals surface area contributed by atoms with E-state index in [1.807, 2.05) is 4.90 Å². The number of hydrogen-bond acceptors (Lipinski definition) is 3. The largest absolute Gasteiger partial charge is 0.381 e. The molecule has 1 aliphatic carbocycles. The van der Waals surface area contributed by atoms with E-state index in [9.17, 15) is 4.79 Å². The molecule has 0 aromatic heterocycles. The standard InChI is InChI=1S/C14H26N2O2/c1-10-7-11(9-12(15)8-10)14(17)16-5-3-13(18-2)4-6-16/h10-13H,3-9,15H2,1-2H3. The van der Waals surface area contributed by atoms with Gasteiger partial charge in [-0.25, -0.2) is 0 Å². The molecular formula is C14H26N2O2. The number of carbonyl (C=O) groups is 1. The minimum atomic E-state index is 0.155. The van der Waals surface area contributed by atoms with Crippen LogP contribution in [0.4, 0.5) is 0 Å². The molecule has 18 heavy (non-hydrogen) atoms. The molecule has 4 nitrogen and oxygen atoms in total. The van der Waals surface area contributed by atoms with Crippen molar-refractivity contribution in [2.24, 2.45) is 17.6 Å². The maximum absolute atomic E-state index is 12.5. The summed E-state index contributed by atoms with van der Waals surface area (Å²) >= 11 is 0. The number of piperidine rings is 1. The van der Waals surface area contributed by atoms with E-state index in [1.165, 1.54) is 0 Å². The molecule has 3 atom stereocenters. The van der Waals surface area contributed by atoms with Crippen LogP contribution in [0.15, 0.2) is 0 Å². The molecule has 1 aliphatic heterocycles. The van der Waals surface area contributed by atoms with Crippen molar-refractivity contribution < 1.29 is 9.53 Å². The van der Waals surface area contributed by atoms with Gasteiger partial charge in [-0.05, 0) is 38.0 Å². The summed E-state index contributed by atoms with van der Waals surface area (Å²) in [5.74, 6) is 1.06. The van der Waals surface area contributed by atoms with Crippen molar-refractivity contribution in [3.63, 3.8) is 0 Å². The lowest BCUT2D eigenvalue weighted by atomic mass is 9.79. The van der Waals surface area contributed by atoms with Gasteiger partial charge in [0.05, 0.1) is 6.10 Å². The SMILES string of the molecule is COC1CCN(C(=O)C2CC(C)CC(N)C2)CC1. The zero-order valence-corrected chi connectivity index (χ0v) is 11.6. The number of likely N-dealkylation sites (tertiary alicyclic amines) is 1. The second-order valence-corrected chi connectivity index (χ2v) is 6.03. The number of hydrogen-bond donors (Lipinski definition) is 1. The predicted molar refractivity (Wildman–Crippen MR) is 71.1 cm³/mol. The summed E-state index contributed by atoms with van der Waals surface area (Å²) in [6.07, 6.45) is 5.22. The van der Waals surface area contributed by atoms with Gasteiger partial charge in [-0.1, -0.05) is 6.92 Å². The van der Waals surface area contributed by atoms with Crippen LogP contribution in [0.5, 0.6) is 0 Å². The summed E-state index contributed by atoms with van der Waals surface area (Å²) in [5.41, 5.74) is 6.04. The Morgan fingerprint density at radius 2 is 1.89 bits per heavy atom. The van der Waals surface area contributed by atoms with E-state index >= 15 is 0 Å². The predicted octanol–water partition coefficient (Wildman–Crippen LogP) is 1.39. The van der Waals surface area contributed by atoms with E-state index in [2.05, 4.69) is 6.92 Å². The van der Waals surface area contributed by atoms with Gasteiger partial charge in [0.2, 0.25) is 5.91 Å². The Bertz CT molecular complexity index is 278. The van der Waals surface area contributed by atoms with Gasteiger partial charge in [-0.15, -0.1) is 0 Å². The van der Waals surface area contributed by atoms with Crippen LogP contribution < -0.4 is 5.73 Å². The highest BCUT2D eigenvalue weighted by molar-refractivity contribution is 5.79. The molecule has 2 rings (SSSR count). The third-order valence-electron chi connectivity index (χ3n) is 4.42. The average molecular weight is 254 g/mol. The fourth-order valence-electron chi connectivity index (χ4n) is 3.43. The van der Waals surface area contributed by atoms with E-state index in [0.717, 1.165) is 45.2 Å². The molecule has 3 unspecified atom stereocenters. The fourth-order valence-corrected chi connectivity index (χ4v) is 3.43. The van der Waals surface area contributed by atoms with Crippen LogP contribution in [0.25, 0.3) is 0 Å². The van der Waals surface area contributed by atoms with Crippen molar-refractivity contribution >= 4 is 5.91 Å². The lowest BCUT2D eigenvalue weighted by Crippen LogP contribution is -2.46. The molecule has 2 fully saturated rings. The molecule has 104 valence electrons. The molecule has 1 saturated heterocycles. The van der Waals surface area contributed by atoms with Crippen LogP contribution in [0.3, 0.4) is 0 Å². The zero-order chi connectivity index (χ0) is 13.1. The van der Waals surface area contributed by atoms with Crippen molar-refractivity contribution in [1.82, 2.24) is 4.90 Å². The van der Waals surface area contributed by atoms with Gasteiger partial charge in [0, 0.05) is 32.2 Å². The van der Waals surface area contributed by atoms with Crippen LogP contribution in [0, 0.1) is 11.8 Å². The number of carbonyl (C=O) groups excluding carboxylic acids is 1. The number of methoxy groups -OCH3 is 1. The van der Waals surface area contributed by atoms with Crippen LogP contribution in [-0.2, 0) is 9.53 Å². The van der Waals surface area contributed by atoms with Gasteiger partial charge >= 0.3 is 0 Å². The zero-order valence-electron chi connectivity index (χ0n) is 11.6. The Labute approximate surface area is 110 Å². The lowest BCUT2D eigenvalue weighted by molar-refractivity contribution is -0.139. The van der Waals surface area contributed by atoms with E-state index in [1.54, 1.807) is 7.11 Å². The van der Waals surface area contributed by atoms with Crippen molar-refractivity contribution in [1.29, 1.82) is 0 Å². The third kappa shape index (κ3) is 3.23. The van der Waals surface area contributed by atoms with Gasteiger partial charge in [0.15, 0.2) is 0 Å². The maximum atomic E-state index is 12.5. The van der Waals surface area contributed by atoms with Gasteiger partial charge in [0.25, 0.3) is 0 Å². The second kappa shape index (κ2) is 6.02. The molecule has 0 aromatic rings. The van der Waals surface area contributed by atoms with Crippen molar-refractivity contribution in [3.8, 4) is 0 Å². The molecule has 0 aromatic carbocycles. The molecule has 1 heterocycles. The molecule has 2 N–H and O–H groups in total. The minimum absolute atomic E-state index is 0.155. The van der Waals surface area contributed by atoms with E-state index in [-0.39, 0.29) is 12.0 Å². The van der Waals surface area contributed by atoms with Gasteiger partial charge in [-0.2, -0.15) is 0 Å². The number of nitrogens with zero attached hydrogens (tertiary/aromatic N) is 1. The maximum Gasteiger partial charge on any atom is 0.225 e. The Balaban J connectivity index is 1.87. The van der Waals surface area contributed by atoms with Crippen molar-refractivity contribution in [2.45, 2.75) is 51.2 Å². The van der Waals surface area contributed by atoms with Gasteiger partial charge in [-0.3, -0.25) is 4.79 Å². The first-order valence-corrected chi connectivity index (χ1v) is 7.17. The first-order chi connectivity index (χ1) is 8.60. The first kappa shape index (κ1) is 13.8. The summed E-state index contributed by atoms with van der Waals surface area (Å²) in [7, 11) is 1.75. The van der Waals surface area contributed by atoms with Crippen LogP contribution in [0.1, 0.15) is 39.0 Å². The molecule has 2 aliphatic rings. The van der Waals surface area contributed by atoms with Gasteiger partial charge in [0.1, 0.15) is 0 Å². The van der Waals surface area contributed by atoms with Gasteiger partial charge < -0.3 is 15.4 Å². The second-order valence-electron chi connectivity index (χ2n) is 6.03. The van der Waals surface area contributed by atoms with E-state index < -0.39 is 0 Å². The number of amides is 1. The smallest absolute Gasteiger partial charge is 0.225 e. The summed E-state index contributed by atoms with van der Waals surface area (Å²) in [6.45, 7) is 3.89. The molecule has 0 radical (unpaired) electrons. The highest BCUT2D eigenvalue weighted by atomic mass is 16.5. The summed E-state index contributed by atoms with van der Waals surface area (Å²) in [6, 6.07) is 0.208. The first-order valence-electron chi connectivity index (χ1n) is 7.17. The average Bonchev–Trinajstić information content (AvgIpc) is 2.37. The Hall–Kier alpha value is -0.610. The third-order valence-corrected chi connectivity index (χ3v) is 4.42. The van der Waals surface area contributed by atoms with Crippen molar-refractivity contribution in [3.05, 3.63) is 0 Å². The highest BCUT2D eigenvalue weighted by Gasteiger charge is 2.33. The molecular weight excluding hydrogens is 228 g/mol. The minimum Gasteiger partial charge on any atom is -0.381 e. The van der Waals surface area contributed by atoms with Crippen LogP contribution in [-0.4, -0.2) is 43.2 Å². The van der Waals surface area contributed by atoms with E-state index in [4.69, 9.17) is 10.5 Å². The molecule has 4 heteroatoms. The molecule has 0 bridgehead atoms. The molecule has 0 spiro atoms. The monoisotopic (exact) mass is 254 g/mol. The normalized spacial score (nSPS) is 34.6. The lowest BCUT2D eigenvalue weighted by Gasteiger charge is -2.37. The summed E-state index contributed by atoms with van der Waals surface area (Å²) in [5, 5.41) is 0. The fraction of sp³-hybridized carbons (Fsp3) is 0.929. The highest BCUT2D eigenvalue weighted by Crippen LogP contribution is 2.30. The molecule has 1 amide bonds. The molecule has 1 saturated carbocycles. The number of ether oxygens (including phenoxy) is 1.